The largest absolute Gasteiger partial charge is 0.299 e. The van der Waals surface area contributed by atoms with Gasteiger partial charge in [-0.3, -0.25) is 4.40 Å². The van der Waals surface area contributed by atoms with E-state index in [-0.39, 0.29) is 5.41 Å². The third-order valence-electron chi connectivity index (χ3n) is 8.98. The average Bonchev–Trinajstić information content (AvgIpc) is 3.47. The molecule has 204 valence electrons. The summed E-state index contributed by atoms with van der Waals surface area (Å²) in [6, 6.07) is 29.0. The predicted octanol–water partition coefficient (Wildman–Crippen LogP) is 10.9. The number of hydrogen-bond donors (Lipinski definition) is 0. The van der Waals surface area contributed by atoms with Crippen molar-refractivity contribution in [2.24, 2.45) is 5.92 Å². The lowest BCUT2D eigenvalue weighted by Crippen LogP contribution is -2.28. The summed E-state index contributed by atoms with van der Waals surface area (Å²) < 4.78 is 2.33. The van der Waals surface area contributed by atoms with Gasteiger partial charge in [0.15, 0.2) is 0 Å². The van der Waals surface area contributed by atoms with Gasteiger partial charge >= 0.3 is 0 Å². The molecule has 0 fully saturated rings. The molecule has 2 aromatic heterocycles. The first kappa shape index (κ1) is 27.6. The number of benzene rings is 4. The second-order valence-electron chi connectivity index (χ2n) is 11.3. The molecule has 0 amide bonds. The fraction of sp³-hybridized carbons (Fsp3) is 0.289. The standard InChI is InChI=1S/C36H36N2.C2H6/c1-7-36(6,23(2)3)31-18-17-28(27-16-12-11-13-25(27)5)32-30-22-24(4)21-29(26-14-9-8-10-15-26)34(30)38-20-19-37-35(38)33(31)32;1-2/h8-23H,7H2,1-6H3;1-2H3. The van der Waals surface area contributed by atoms with Crippen LogP contribution in [0.3, 0.4) is 0 Å². The third-order valence-corrected chi connectivity index (χ3v) is 8.98. The first-order valence-corrected chi connectivity index (χ1v) is 14.8. The highest BCUT2D eigenvalue weighted by molar-refractivity contribution is 6.21. The Morgan fingerprint density at radius 1 is 0.800 bits per heavy atom. The molecule has 0 aliphatic carbocycles. The summed E-state index contributed by atoms with van der Waals surface area (Å²) in [4.78, 5) is 5.04. The summed E-state index contributed by atoms with van der Waals surface area (Å²) in [5.74, 6) is 0.489. The molecule has 40 heavy (non-hydrogen) atoms. The summed E-state index contributed by atoms with van der Waals surface area (Å²) in [5, 5.41) is 3.88. The van der Waals surface area contributed by atoms with Crippen molar-refractivity contribution in [3.63, 3.8) is 0 Å². The Morgan fingerprint density at radius 3 is 2.17 bits per heavy atom. The SMILES string of the molecule is CC.CCC(C)(c1ccc(-c2ccccc2C)c2c3cc(C)cc(-c4ccccc4)c3n3ccnc3c12)C(C)C. The number of pyridine rings is 1. The summed E-state index contributed by atoms with van der Waals surface area (Å²) in [5.41, 5.74) is 11.3. The maximum atomic E-state index is 5.04. The van der Waals surface area contributed by atoms with Gasteiger partial charge in [0.05, 0.1) is 5.52 Å². The molecule has 2 nitrogen and oxygen atoms in total. The number of rotatable bonds is 5. The van der Waals surface area contributed by atoms with Gasteiger partial charge in [-0.2, -0.15) is 0 Å². The smallest absolute Gasteiger partial charge is 0.145 e. The number of imidazole rings is 1. The van der Waals surface area contributed by atoms with E-state index in [0.29, 0.717) is 5.92 Å². The third kappa shape index (κ3) is 4.31. The zero-order chi connectivity index (χ0) is 28.6. The maximum absolute atomic E-state index is 5.04. The summed E-state index contributed by atoms with van der Waals surface area (Å²) >= 11 is 0. The topological polar surface area (TPSA) is 17.3 Å². The molecule has 0 radical (unpaired) electrons. The highest BCUT2D eigenvalue weighted by Gasteiger charge is 2.32. The van der Waals surface area contributed by atoms with Crippen molar-refractivity contribution in [1.82, 2.24) is 9.38 Å². The Kier molecular flexibility index (Phi) is 7.55. The van der Waals surface area contributed by atoms with E-state index in [9.17, 15) is 0 Å². The zero-order valence-electron chi connectivity index (χ0n) is 25.3. The first-order valence-electron chi connectivity index (χ1n) is 14.8. The lowest BCUT2D eigenvalue weighted by atomic mass is 9.69. The summed E-state index contributed by atoms with van der Waals surface area (Å²) in [6.45, 7) is 17.9. The van der Waals surface area contributed by atoms with Crippen LogP contribution in [0.1, 0.15) is 64.7 Å². The Hall–Kier alpha value is -3.91. The van der Waals surface area contributed by atoms with Crippen molar-refractivity contribution >= 4 is 27.3 Å². The lowest BCUT2D eigenvalue weighted by molar-refractivity contribution is 0.329. The molecule has 1 unspecified atom stereocenters. The van der Waals surface area contributed by atoms with Crippen LogP contribution in [0.2, 0.25) is 0 Å². The van der Waals surface area contributed by atoms with E-state index in [0.717, 1.165) is 12.1 Å². The van der Waals surface area contributed by atoms with Crippen LogP contribution < -0.4 is 0 Å². The van der Waals surface area contributed by atoms with Gasteiger partial charge in [-0.1, -0.05) is 108 Å². The van der Waals surface area contributed by atoms with Crippen LogP contribution in [0.5, 0.6) is 0 Å². The van der Waals surface area contributed by atoms with Gasteiger partial charge < -0.3 is 0 Å². The molecule has 0 spiro atoms. The Morgan fingerprint density at radius 2 is 1.50 bits per heavy atom. The molecular weight excluding hydrogens is 484 g/mol. The van der Waals surface area contributed by atoms with Crippen molar-refractivity contribution in [1.29, 1.82) is 0 Å². The summed E-state index contributed by atoms with van der Waals surface area (Å²) in [6.07, 6.45) is 5.17. The van der Waals surface area contributed by atoms with Gasteiger partial charge in [-0.15, -0.1) is 0 Å². The first-order chi connectivity index (χ1) is 19.3. The minimum absolute atomic E-state index is 0.0225. The van der Waals surface area contributed by atoms with E-state index >= 15 is 0 Å². The molecule has 6 aromatic rings. The van der Waals surface area contributed by atoms with Gasteiger partial charge in [-0.25, -0.2) is 4.98 Å². The van der Waals surface area contributed by atoms with E-state index in [1.54, 1.807) is 0 Å². The number of aromatic nitrogens is 2. The molecule has 4 aromatic carbocycles. The fourth-order valence-electron chi connectivity index (χ4n) is 6.34. The number of fused-ring (bicyclic) bond motifs is 6. The molecule has 2 heterocycles. The molecule has 0 saturated carbocycles. The molecule has 0 aliphatic heterocycles. The average molecular weight is 527 g/mol. The van der Waals surface area contributed by atoms with E-state index in [4.69, 9.17) is 4.98 Å². The van der Waals surface area contributed by atoms with Gasteiger partial charge in [-0.05, 0) is 77.1 Å². The van der Waals surface area contributed by atoms with Crippen LogP contribution in [0.15, 0.2) is 91.3 Å². The van der Waals surface area contributed by atoms with Gasteiger partial charge in [0.25, 0.3) is 0 Å². The number of nitrogens with zero attached hydrogens (tertiary/aromatic N) is 2. The normalized spacial score (nSPS) is 13.0. The van der Waals surface area contributed by atoms with Crippen molar-refractivity contribution < 1.29 is 0 Å². The van der Waals surface area contributed by atoms with Crippen molar-refractivity contribution in [3.05, 3.63) is 108 Å². The van der Waals surface area contributed by atoms with Crippen LogP contribution in [0, 0.1) is 19.8 Å². The molecule has 0 bridgehead atoms. The second-order valence-corrected chi connectivity index (χ2v) is 11.3. The Labute approximate surface area is 239 Å². The highest BCUT2D eigenvalue weighted by Crippen LogP contribution is 2.47. The summed E-state index contributed by atoms with van der Waals surface area (Å²) in [7, 11) is 0. The number of hydrogen-bond acceptors (Lipinski definition) is 1. The van der Waals surface area contributed by atoms with E-state index < -0.39 is 0 Å². The molecule has 0 aliphatic rings. The van der Waals surface area contributed by atoms with Gasteiger partial charge in [0.1, 0.15) is 5.65 Å². The minimum atomic E-state index is 0.0225. The molecule has 2 heteroatoms. The number of aryl methyl sites for hydroxylation is 2. The van der Waals surface area contributed by atoms with Crippen LogP contribution in [0.25, 0.3) is 49.6 Å². The highest BCUT2D eigenvalue weighted by atomic mass is 15.0. The van der Waals surface area contributed by atoms with Gasteiger partial charge in [0, 0.05) is 34.1 Å². The van der Waals surface area contributed by atoms with E-state index in [1.165, 1.54) is 60.6 Å². The van der Waals surface area contributed by atoms with Crippen LogP contribution >= 0.6 is 0 Å². The molecule has 1 atom stereocenters. The predicted molar refractivity (Wildman–Crippen MR) is 174 cm³/mol. The van der Waals surface area contributed by atoms with Gasteiger partial charge in [0.2, 0.25) is 0 Å². The van der Waals surface area contributed by atoms with Crippen LogP contribution in [-0.2, 0) is 5.41 Å². The monoisotopic (exact) mass is 526 g/mol. The van der Waals surface area contributed by atoms with Crippen molar-refractivity contribution in [2.45, 2.75) is 67.2 Å². The van der Waals surface area contributed by atoms with Crippen LogP contribution in [0.4, 0.5) is 0 Å². The molecule has 6 rings (SSSR count). The Balaban J connectivity index is 0.00000158. The molecule has 0 N–H and O–H groups in total. The maximum Gasteiger partial charge on any atom is 0.145 e. The van der Waals surface area contributed by atoms with E-state index in [2.05, 4.69) is 131 Å². The van der Waals surface area contributed by atoms with Crippen molar-refractivity contribution in [3.8, 4) is 22.3 Å². The Bertz CT molecular complexity index is 1810. The fourth-order valence-corrected chi connectivity index (χ4v) is 6.34. The van der Waals surface area contributed by atoms with Crippen molar-refractivity contribution in [2.75, 3.05) is 0 Å². The zero-order valence-corrected chi connectivity index (χ0v) is 25.3. The second kappa shape index (κ2) is 10.9. The molecule has 0 saturated heterocycles. The van der Waals surface area contributed by atoms with Crippen LogP contribution in [-0.4, -0.2) is 9.38 Å². The molecular formula is C38H42N2. The van der Waals surface area contributed by atoms with E-state index in [1.807, 2.05) is 20.0 Å². The minimum Gasteiger partial charge on any atom is -0.299 e. The lowest BCUT2D eigenvalue weighted by Gasteiger charge is -2.35. The quantitative estimate of drug-likeness (QED) is 0.204.